The van der Waals surface area contributed by atoms with Crippen molar-refractivity contribution < 1.29 is 4.74 Å². The molecule has 0 radical (unpaired) electrons. The number of aromatic nitrogens is 2. The number of hydrogen-bond acceptors (Lipinski definition) is 2. The van der Waals surface area contributed by atoms with E-state index in [1.165, 1.54) is 5.56 Å². The van der Waals surface area contributed by atoms with Crippen LogP contribution in [0.2, 0.25) is 5.02 Å². The van der Waals surface area contributed by atoms with Crippen LogP contribution in [0, 0.1) is 13.8 Å². The number of rotatable bonds is 3. The van der Waals surface area contributed by atoms with Crippen molar-refractivity contribution in [2.45, 2.75) is 20.5 Å². The first-order chi connectivity index (χ1) is 9.65. The monoisotopic (exact) mass is 286 g/mol. The molecule has 0 amide bonds. The van der Waals surface area contributed by atoms with Gasteiger partial charge in [0.2, 0.25) is 5.88 Å². The van der Waals surface area contributed by atoms with Crippen molar-refractivity contribution in [2.75, 3.05) is 0 Å². The number of aryl methyl sites for hydroxylation is 2. The van der Waals surface area contributed by atoms with Crippen LogP contribution in [-0.2, 0) is 6.61 Å². The number of pyridine rings is 1. The molecule has 2 aromatic heterocycles. The molecule has 0 bridgehead atoms. The van der Waals surface area contributed by atoms with Crippen molar-refractivity contribution in [2.24, 2.45) is 0 Å². The SMILES string of the molecule is Cc1[nH]c2c(OCc3ccc(Cl)cc3)nccc2c1C. The Morgan fingerprint density at radius 2 is 1.90 bits per heavy atom. The van der Waals surface area contributed by atoms with Gasteiger partial charge in [-0.25, -0.2) is 4.98 Å². The van der Waals surface area contributed by atoms with E-state index in [2.05, 4.69) is 23.8 Å². The normalized spacial score (nSPS) is 10.9. The number of hydrogen-bond donors (Lipinski definition) is 1. The molecule has 1 aromatic carbocycles. The van der Waals surface area contributed by atoms with Gasteiger partial charge in [-0.1, -0.05) is 23.7 Å². The molecule has 0 fully saturated rings. The molecule has 2 heterocycles. The van der Waals surface area contributed by atoms with Crippen LogP contribution in [0.15, 0.2) is 36.5 Å². The second kappa shape index (κ2) is 5.17. The Morgan fingerprint density at radius 3 is 2.65 bits per heavy atom. The first-order valence-corrected chi connectivity index (χ1v) is 6.84. The van der Waals surface area contributed by atoms with Crippen molar-refractivity contribution in [3.8, 4) is 5.88 Å². The van der Waals surface area contributed by atoms with Gasteiger partial charge in [-0.3, -0.25) is 0 Å². The van der Waals surface area contributed by atoms with Gasteiger partial charge in [-0.2, -0.15) is 0 Å². The summed E-state index contributed by atoms with van der Waals surface area (Å²) in [5.74, 6) is 0.633. The molecule has 3 nitrogen and oxygen atoms in total. The summed E-state index contributed by atoms with van der Waals surface area (Å²) < 4.78 is 5.83. The minimum absolute atomic E-state index is 0.473. The van der Waals surface area contributed by atoms with E-state index < -0.39 is 0 Å². The van der Waals surface area contributed by atoms with Crippen molar-refractivity contribution in [3.05, 3.63) is 58.4 Å². The molecule has 3 aromatic rings. The maximum absolute atomic E-state index is 5.87. The maximum atomic E-state index is 5.87. The Balaban J connectivity index is 1.87. The van der Waals surface area contributed by atoms with Gasteiger partial charge in [0, 0.05) is 22.3 Å². The van der Waals surface area contributed by atoms with Gasteiger partial charge in [-0.05, 0) is 43.2 Å². The number of nitrogens with zero attached hydrogens (tertiary/aromatic N) is 1. The molecule has 0 aliphatic heterocycles. The van der Waals surface area contributed by atoms with Gasteiger partial charge in [0.1, 0.15) is 12.1 Å². The van der Waals surface area contributed by atoms with Crippen molar-refractivity contribution in [3.63, 3.8) is 0 Å². The highest BCUT2D eigenvalue weighted by Gasteiger charge is 2.10. The topological polar surface area (TPSA) is 37.9 Å². The molecular formula is C16H15ClN2O. The highest BCUT2D eigenvalue weighted by Crippen LogP contribution is 2.27. The lowest BCUT2D eigenvalue weighted by Crippen LogP contribution is -1.97. The summed E-state index contributed by atoms with van der Waals surface area (Å²) in [6, 6.07) is 9.62. The molecule has 0 spiro atoms. The number of fused-ring (bicyclic) bond motifs is 1. The zero-order valence-electron chi connectivity index (χ0n) is 11.4. The number of benzene rings is 1. The summed E-state index contributed by atoms with van der Waals surface area (Å²) in [7, 11) is 0. The van der Waals surface area contributed by atoms with E-state index in [1.54, 1.807) is 6.20 Å². The average Bonchev–Trinajstić information content (AvgIpc) is 2.75. The molecule has 0 aliphatic carbocycles. The van der Waals surface area contributed by atoms with Crippen LogP contribution in [0.25, 0.3) is 10.9 Å². The van der Waals surface area contributed by atoms with E-state index >= 15 is 0 Å². The smallest absolute Gasteiger partial charge is 0.238 e. The lowest BCUT2D eigenvalue weighted by Gasteiger charge is -2.06. The van der Waals surface area contributed by atoms with Gasteiger partial charge in [0.05, 0.1) is 0 Å². The predicted molar refractivity (Wildman–Crippen MR) is 81.4 cm³/mol. The van der Waals surface area contributed by atoms with Crippen LogP contribution in [0.3, 0.4) is 0 Å². The summed E-state index contributed by atoms with van der Waals surface area (Å²) in [4.78, 5) is 7.65. The third kappa shape index (κ3) is 2.37. The summed E-state index contributed by atoms with van der Waals surface area (Å²) in [5, 5.41) is 1.88. The highest BCUT2D eigenvalue weighted by atomic mass is 35.5. The third-order valence-electron chi connectivity index (χ3n) is 3.48. The van der Waals surface area contributed by atoms with Crippen LogP contribution < -0.4 is 4.74 Å². The summed E-state index contributed by atoms with van der Waals surface area (Å²) in [5.41, 5.74) is 4.40. The highest BCUT2D eigenvalue weighted by molar-refractivity contribution is 6.30. The van der Waals surface area contributed by atoms with Crippen LogP contribution >= 0.6 is 11.6 Å². The van der Waals surface area contributed by atoms with Crippen LogP contribution in [0.5, 0.6) is 5.88 Å². The van der Waals surface area contributed by atoms with Crippen molar-refractivity contribution >= 4 is 22.5 Å². The molecule has 0 aliphatic rings. The molecule has 4 heteroatoms. The Kier molecular flexibility index (Phi) is 3.36. The second-order valence-corrected chi connectivity index (χ2v) is 5.27. The average molecular weight is 287 g/mol. The van der Waals surface area contributed by atoms with Crippen molar-refractivity contribution in [1.82, 2.24) is 9.97 Å². The maximum Gasteiger partial charge on any atom is 0.238 e. The molecule has 0 saturated heterocycles. The van der Waals surface area contributed by atoms with Gasteiger partial charge in [-0.15, -0.1) is 0 Å². The Morgan fingerprint density at radius 1 is 1.15 bits per heavy atom. The fourth-order valence-corrected chi connectivity index (χ4v) is 2.33. The van der Waals surface area contributed by atoms with E-state index in [9.17, 15) is 0 Å². The number of H-pyrrole nitrogens is 1. The van der Waals surface area contributed by atoms with E-state index in [-0.39, 0.29) is 0 Å². The first-order valence-electron chi connectivity index (χ1n) is 6.46. The zero-order valence-corrected chi connectivity index (χ0v) is 12.2. The lowest BCUT2D eigenvalue weighted by molar-refractivity contribution is 0.297. The molecule has 0 saturated carbocycles. The van der Waals surface area contributed by atoms with Crippen LogP contribution in [0.4, 0.5) is 0 Å². The van der Waals surface area contributed by atoms with E-state index in [4.69, 9.17) is 16.3 Å². The predicted octanol–water partition coefficient (Wildman–Crippen LogP) is 4.41. The molecule has 0 atom stereocenters. The van der Waals surface area contributed by atoms with Crippen LogP contribution in [0.1, 0.15) is 16.8 Å². The second-order valence-electron chi connectivity index (χ2n) is 4.83. The quantitative estimate of drug-likeness (QED) is 0.774. The number of halogens is 1. The summed E-state index contributed by atoms with van der Waals surface area (Å²) in [6.45, 7) is 4.62. The minimum Gasteiger partial charge on any atom is -0.471 e. The third-order valence-corrected chi connectivity index (χ3v) is 3.74. The van der Waals surface area contributed by atoms with E-state index in [1.807, 2.05) is 30.3 Å². The Hall–Kier alpha value is -2.00. The van der Waals surface area contributed by atoms with Gasteiger partial charge >= 0.3 is 0 Å². The van der Waals surface area contributed by atoms with Gasteiger partial charge in [0.15, 0.2) is 0 Å². The van der Waals surface area contributed by atoms with Gasteiger partial charge < -0.3 is 9.72 Å². The molecule has 20 heavy (non-hydrogen) atoms. The van der Waals surface area contributed by atoms with Crippen LogP contribution in [-0.4, -0.2) is 9.97 Å². The molecular weight excluding hydrogens is 272 g/mol. The molecule has 3 rings (SSSR count). The van der Waals surface area contributed by atoms with E-state index in [0.717, 1.165) is 27.2 Å². The fraction of sp³-hybridized carbons (Fsp3) is 0.188. The standard InChI is InChI=1S/C16H15ClN2O/c1-10-11(2)19-15-14(10)7-8-18-16(15)20-9-12-3-5-13(17)6-4-12/h3-8,19H,9H2,1-2H3. The molecule has 1 N–H and O–H groups in total. The number of aromatic amines is 1. The zero-order chi connectivity index (χ0) is 14.1. The summed E-state index contributed by atoms with van der Waals surface area (Å²) >= 11 is 5.87. The fourth-order valence-electron chi connectivity index (χ4n) is 2.20. The number of ether oxygens (including phenoxy) is 1. The minimum atomic E-state index is 0.473. The lowest BCUT2D eigenvalue weighted by atomic mass is 10.2. The first kappa shape index (κ1) is 13.0. The number of nitrogens with one attached hydrogen (secondary N) is 1. The molecule has 102 valence electrons. The van der Waals surface area contributed by atoms with Crippen molar-refractivity contribution in [1.29, 1.82) is 0 Å². The largest absolute Gasteiger partial charge is 0.471 e. The Labute approximate surface area is 122 Å². The van der Waals surface area contributed by atoms with E-state index in [0.29, 0.717) is 12.5 Å². The Bertz CT molecular complexity index is 747. The summed E-state index contributed by atoms with van der Waals surface area (Å²) in [6.07, 6.45) is 1.78. The molecule has 0 unspecified atom stereocenters. The van der Waals surface area contributed by atoms with Gasteiger partial charge in [0.25, 0.3) is 0 Å².